The van der Waals surface area contributed by atoms with Crippen molar-refractivity contribution in [3.63, 3.8) is 0 Å². The summed E-state index contributed by atoms with van der Waals surface area (Å²) in [5.41, 5.74) is -1.08. The number of fused-ring (bicyclic) bond motifs is 1. The molecule has 0 unspecified atom stereocenters. The van der Waals surface area contributed by atoms with Gasteiger partial charge >= 0.3 is 5.97 Å². The molecule has 1 fully saturated rings. The van der Waals surface area contributed by atoms with Crippen LogP contribution >= 0.6 is 0 Å². The molecule has 2 aliphatic heterocycles. The number of aliphatic hydroxyl groups excluding tert-OH is 3. The minimum absolute atomic E-state index is 0.0418. The molecule has 2 aliphatic rings. The van der Waals surface area contributed by atoms with Gasteiger partial charge in [0.2, 0.25) is 6.29 Å². The SMILES string of the molecule is CC(=O)c1c(C)cc2cc(C(=O)O)cc(O[C@H]3O[C@H](CO)[C@@]4(CCC=CO4)[C@H](O)[C@H]3O)c2c1O. The summed E-state index contributed by atoms with van der Waals surface area (Å²) in [6, 6.07) is 4.00. The van der Waals surface area contributed by atoms with E-state index in [1.165, 1.54) is 19.3 Å². The van der Waals surface area contributed by atoms with Crippen LogP contribution in [0.1, 0.15) is 46.0 Å². The highest BCUT2D eigenvalue weighted by atomic mass is 16.7. The van der Waals surface area contributed by atoms with Crippen molar-refractivity contribution in [3.8, 4) is 11.5 Å². The van der Waals surface area contributed by atoms with Crippen molar-refractivity contribution in [3.05, 3.63) is 47.2 Å². The van der Waals surface area contributed by atoms with Crippen molar-refractivity contribution in [1.82, 2.24) is 0 Å². The standard InChI is InChI=1S/C24H26O10/c1-11-7-13-8-14(22(30)31)9-15(18(13)19(27)17(11)12(2)26)33-23-20(28)21(29)24(16(10-25)34-23)5-3-4-6-32-24/h4,6-9,16,20-21,23,25,27-29H,3,5,10H2,1-2H3,(H,30,31)/t16-,20-,21-,23+,24+/m1/s1. The fourth-order valence-corrected chi connectivity index (χ4v) is 4.75. The molecular formula is C24H26O10. The lowest BCUT2D eigenvalue weighted by atomic mass is 9.79. The van der Waals surface area contributed by atoms with E-state index >= 15 is 0 Å². The summed E-state index contributed by atoms with van der Waals surface area (Å²) in [7, 11) is 0. The third-order valence-electron chi connectivity index (χ3n) is 6.41. The Morgan fingerprint density at radius 3 is 2.56 bits per heavy atom. The topological polar surface area (TPSA) is 163 Å². The molecule has 1 spiro atoms. The Morgan fingerprint density at radius 1 is 1.24 bits per heavy atom. The predicted octanol–water partition coefficient (Wildman–Crippen LogP) is 1.64. The molecule has 0 bridgehead atoms. The Labute approximate surface area is 194 Å². The molecule has 182 valence electrons. The highest BCUT2D eigenvalue weighted by molar-refractivity contribution is 6.08. The average Bonchev–Trinajstić information content (AvgIpc) is 2.79. The molecule has 0 aliphatic carbocycles. The number of carbonyl (C=O) groups excluding carboxylic acids is 1. The van der Waals surface area contributed by atoms with Gasteiger partial charge in [-0.15, -0.1) is 0 Å². The lowest BCUT2D eigenvalue weighted by molar-refractivity contribution is -0.316. The normalized spacial score (nSPS) is 28.6. The van der Waals surface area contributed by atoms with Gasteiger partial charge in [0.05, 0.1) is 29.4 Å². The first-order valence-corrected chi connectivity index (χ1v) is 10.8. The number of ketones is 1. The second-order valence-corrected chi connectivity index (χ2v) is 8.56. The quantitative estimate of drug-likeness (QED) is 0.403. The van der Waals surface area contributed by atoms with Crippen molar-refractivity contribution in [2.45, 2.75) is 56.9 Å². The molecule has 5 atom stereocenters. The van der Waals surface area contributed by atoms with E-state index in [4.69, 9.17) is 14.2 Å². The second-order valence-electron chi connectivity index (χ2n) is 8.56. The summed E-state index contributed by atoms with van der Waals surface area (Å²) < 4.78 is 17.2. The predicted molar refractivity (Wildman–Crippen MR) is 118 cm³/mol. The average molecular weight is 474 g/mol. The molecule has 2 aromatic rings. The van der Waals surface area contributed by atoms with E-state index in [0.29, 0.717) is 12.0 Å². The van der Waals surface area contributed by atoms with Gasteiger partial charge in [-0.3, -0.25) is 4.79 Å². The van der Waals surface area contributed by atoms with Crippen LogP contribution in [0.4, 0.5) is 0 Å². The number of hydrogen-bond donors (Lipinski definition) is 5. The first-order valence-electron chi connectivity index (χ1n) is 10.8. The van der Waals surface area contributed by atoms with Crippen LogP contribution in [-0.2, 0) is 9.47 Å². The van der Waals surface area contributed by atoms with E-state index in [1.807, 2.05) is 0 Å². The van der Waals surface area contributed by atoms with Crippen molar-refractivity contribution in [1.29, 1.82) is 0 Å². The summed E-state index contributed by atoms with van der Waals surface area (Å²) in [5, 5.41) is 52.4. The molecule has 10 heteroatoms. The number of phenols is 1. The van der Waals surface area contributed by atoms with Gasteiger partial charge in [0.15, 0.2) is 11.4 Å². The zero-order chi connectivity index (χ0) is 24.8. The number of aryl methyl sites for hydroxylation is 1. The van der Waals surface area contributed by atoms with Crippen LogP contribution in [0, 0.1) is 6.92 Å². The molecule has 0 amide bonds. The monoisotopic (exact) mass is 474 g/mol. The Balaban J connectivity index is 1.80. The van der Waals surface area contributed by atoms with Gasteiger partial charge in [0, 0.05) is 0 Å². The van der Waals surface area contributed by atoms with Crippen molar-refractivity contribution in [2.24, 2.45) is 0 Å². The minimum atomic E-state index is -1.64. The third kappa shape index (κ3) is 3.78. The molecule has 10 nitrogen and oxygen atoms in total. The first kappa shape index (κ1) is 24.0. The highest BCUT2D eigenvalue weighted by Crippen LogP contribution is 2.43. The van der Waals surface area contributed by atoms with Crippen LogP contribution in [-0.4, -0.2) is 74.1 Å². The van der Waals surface area contributed by atoms with Crippen LogP contribution in [0.2, 0.25) is 0 Å². The van der Waals surface area contributed by atoms with E-state index in [2.05, 4.69) is 0 Å². The fraction of sp³-hybridized carbons (Fsp3) is 0.417. The maximum absolute atomic E-state index is 12.1. The van der Waals surface area contributed by atoms with Gasteiger partial charge in [-0.05, 0) is 55.8 Å². The van der Waals surface area contributed by atoms with Crippen molar-refractivity contribution in [2.75, 3.05) is 6.61 Å². The number of carboxylic acids is 1. The van der Waals surface area contributed by atoms with E-state index in [9.17, 15) is 35.1 Å². The maximum Gasteiger partial charge on any atom is 0.335 e. The molecule has 2 heterocycles. The molecule has 1 saturated heterocycles. The molecule has 0 aromatic heterocycles. The van der Waals surface area contributed by atoms with Gasteiger partial charge in [-0.2, -0.15) is 0 Å². The van der Waals surface area contributed by atoms with Crippen LogP contribution in [0.25, 0.3) is 10.8 Å². The number of carbonyl (C=O) groups is 2. The summed E-state index contributed by atoms with van der Waals surface area (Å²) in [6.07, 6.45) is -1.84. The Hall–Kier alpha value is -3.18. The lowest BCUT2D eigenvalue weighted by Crippen LogP contribution is -2.68. The van der Waals surface area contributed by atoms with E-state index in [-0.39, 0.29) is 34.1 Å². The zero-order valence-corrected chi connectivity index (χ0v) is 18.6. The van der Waals surface area contributed by atoms with Gasteiger partial charge in [-0.1, -0.05) is 6.07 Å². The summed E-state index contributed by atoms with van der Waals surface area (Å²) >= 11 is 0. The highest BCUT2D eigenvalue weighted by Gasteiger charge is 2.58. The second kappa shape index (κ2) is 8.88. The number of allylic oxidation sites excluding steroid dienone is 1. The van der Waals surface area contributed by atoms with Crippen LogP contribution in [0.15, 0.2) is 30.5 Å². The summed E-state index contributed by atoms with van der Waals surface area (Å²) in [4.78, 5) is 23.8. The number of aromatic carboxylic acids is 1. The number of aliphatic hydroxyl groups is 3. The molecule has 34 heavy (non-hydrogen) atoms. The largest absolute Gasteiger partial charge is 0.506 e. The first-order chi connectivity index (χ1) is 16.1. The minimum Gasteiger partial charge on any atom is -0.506 e. The molecular weight excluding hydrogens is 448 g/mol. The number of Topliss-reactive ketones (excluding diaryl/α,β-unsaturated/α-hetero) is 1. The summed E-state index contributed by atoms with van der Waals surface area (Å²) in [6.45, 7) is 2.35. The molecule has 0 radical (unpaired) electrons. The zero-order valence-electron chi connectivity index (χ0n) is 18.6. The van der Waals surface area contributed by atoms with Gasteiger partial charge in [0.1, 0.15) is 29.8 Å². The molecule has 2 aromatic carbocycles. The van der Waals surface area contributed by atoms with Crippen molar-refractivity contribution < 1.29 is 49.3 Å². The number of hydrogen-bond acceptors (Lipinski definition) is 9. The summed E-state index contributed by atoms with van der Waals surface area (Å²) in [5.74, 6) is -2.25. The molecule has 4 rings (SSSR count). The van der Waals surface area contributed by atoms with E-state index in [0.717, 1.165) is 6.07 Å². The number of rotatable bonds is 5. The van der Waals surface area contributed by atoms with Crippen molar-refractivity contribution >= 4 is 22.5 Å². The van der Waals surface area contributed by atoms with Gasteiger partial charge in [0.25, 0.3) is 0 Å². The van der Waals surface area contributed by atoms with Crippen LogP contribution < -0.4 is 4.74 Å². The number of phenolic OH excluding ortho intramolecular Hbond substituents is 1. The number of ether oxygens (including phenoxy) is 3. The van der Waals surface area contributed by atoms with Gasteiger partial charge < -0.3 is 39.7 Å². The van der Waals surface area contributed by atoms with Gasteiger partial charge in [-0.25, -0.2) is 4.79 Å². The smallest absolute Gasteiger partial charge is 0.335 e. The number of carboxylic acid groups (broad SMARTS) is 1. The Bertz CT molecular complexity index is 1170. The van der Waals surface area contributed by atoms with Crippen LogP contribution in [0.3, 0.4) is 0 Å². The lowest BCUT2D eigenvalue weighted by Gasteiger charge is -2.50. The fourth-order valence-electron chi connectivity index (χ4n) is 4.75. The maximum atomic E-state index is 12.1. The van der Waals surface area contributed by atoms with E-state index in [1.54, 1.807) is 19.1 Å². The Morgan fingerprint density at radius 2 is 1.97 bits per heavy atom. The number of benzene rings is 2. The van der Waals surface area contributed by atoms with E-state index < -0.39 is 54.3 Å². The molecule has 5 N–H and O–H groups in total. The molecule has 0 saturated carbocycles. The third-order valence-corrected chi connectivity index (χ3v) is 6.41. The Kier molecular flexibility index (Phi) is 6.26. The number of aromatic hydroxyl groups is 1. The van der Waals surface area contributed by atoms with Crippen LogP contribution in [0.5, 0.6) is 11.5 Å².